The smallest absolute Gasteiger partial charge is 0.188 e. The van der Waals surface area contributed by atoms with Crippen LogP contribution in [0, 0.1) is 0 Å². The van der Waals surface area contributed by atoms with Gasteiger partial charge < -0.3 is 0 Å². The number of benzene rings is 1. The Balaban J connectivity index is 1.98. The van der Waals surface area contributed by atoms with Crippen molar-refractivity contribution in [3.63, 3.8) is 0 Å². The van der Waals surface area contributed by atoms with Crippen molar-refractivity contribution in [1.82, 2.24) is 14.6 Å². The predicted octanol–water partition coefficient (Wildman–Crippen LogP) is 2.51. The lowest BCUT2D eigenvalue weighted by molar-refractivity contribution is 0.0988. The number of hydrogen-bond acceptors (Lipinski definition) is 5. The molecule has 88 valence electrons. The first-order valence-corrected chi connectivity index (χ1v) is 6.31. The molecule has 0 radical (unpaired) electrons. The van der Waals surface area contributed by atoms with Gasteiger partial charge in [0, 0.05) is 23.4 Å². The highest BCUT2D eigenvalue weighted by atomic mass is 32.1. The van der Waals surface area contributed by atoms with Gasteiger partial charge in [0.2, 0.25) is 0 Å². The van der Waals surface area contributed by atoms with Gasteiger partial charge in [0.05, 0.1) is 5.52 Å². The first kappa shape index (κ1) is 11.0. The summed E-state index contributed by atoms with van der Waals surface area (Å²) in [4.78, 5) is 16.3. The van der Waals surface area contributed by atoms with Crippen LogP contribution in [-0.2, 0) is 6.42 Å². The van der Waals surface area contributed by atoms with E-state index in [0.29, 0.717) is 12.1 Å². The molecule has 0 saturated heterocycles. The minimum atomic E-state index is -0.0138. The standard InChI is InChI=1S/C13H9N3OS/c17-13(12-8-18-16-15-12)7-9-5-6-14-11-4-2-1-3-10(9)11/h1-6,8H,7H2. The molecule has 0 amide bonds. The molecule has 3 aromatic rings. The van der Waals surface area contributed by atoms with E-state index in [1.54, 1.807) is 11.6 Å². The molecular formula is C13H9N3OS. The van der Waals surface area contributed by atoms with Crippen LogP contribution in [0.15, 0.2) is 41.9 Å². The van der Waals surface area contributed by atoms with Crippen LogP contribution < -0.4 is 0 Å². The summed E-state index contributed by atoms with van der Waals surface area (Å²) in [5.41, 5.74) is 2.30. The fourth-order valence-electron chi connectivity index (χ4n) is 1.86. The third-order valence-electron chi connectivity index (χ3n) is 2.74. The highest BCUT2D eigenvalue weighted by Crippen LogP contribution is 2.17. The molecule has 0 saturated carbocycles. The van der Waals surface area contributed by atoms with Crippen LogP contribution in [0.4, 0.5) is 0 Å². The topological polar surface area (TPSA) is 55.7 Å². The molecule has 0 bridgehead atoms. The summed E-state index contributed by atoms with van der Waals surface area (Å²) in [6.45, 7) is 0. The number of aromatic nitrogens is 3. The summed E-state index contributed by atoms with van der Waals surface area (Å²) in [5.74, 6) is -0.0138. The Labute approximate surface area is 107 Å². The molecule has 0 unspecified atom stereocenters. The van der Waals surface area contributed by atoms with E-state index < -0.39 is 0 Å². The summed E-state index contributed by atoms with van der Waals surface area (Å²) in [6, 6.07) is 9.67. The second-order valence-corrected chi connectivity index (χ2v) is 4.49. The Bertz CT molecular complexity index is 689. The quantitative estimate of drug-likeness (QED) is 0.675. The fourth-order valence-corrected chi connectivity index (χ4v) is 2.32. The number of carbonyl (C=O) groups is 1. The van der Waals surface area contributed by atoms with Gasteiger partial charge in [-0.2, -0.15) is 0 Å². The number of hydrogen-bond donors (Lipinski definition) is 0. The number of pyridine rings is 1. The molecule has 2 aromatic heterocycles. The Morgan fingerprint density at radius 1 is 1.22 bits per heavy atom. The van der Waals surface area contributed by atoms with E-state index >= 15 is 0 Å². The van der Waals surface area contributed by atoms with Gasteiger partial charge >= 0.3 is 0 Å². The minimum absolute atomic E-state index is 0.0138. The van der Waals surface area contributed by atoms with Crippen molar-refractivity contribution in [3.8, 4) is 0 Å². The fraction of sp³-hybridized carbons (Fsp3) is 0.0769. The normalized spacial score (nSPS) is 10.7. The van der Waals surface area contributed by atoms with Crippen molar-refractivity contribution < 1.29 is 4.79 Å². The largest absolute Gasteiger partial charge is 0.292 e. The van der Waals surface area contributed by atoms with Gasteiger partial charge in [-0.1, -0.05) is 22.7 Å². The highest BCUT2D eigenvalue weighted by molar-refractivity contribution is 7.03. The molecule has 0 aliphatic heterocycles. The molecule has 0 atom stereocenters. The third-order valence-corrected chi connectivity index (χ3v) is 3.24. The summed E-state index contributed by atoms with van der Waals surface area (Å²) in [6.07, 6.45) is 2.05. The molecule has 0 fully saturated rings. The van der Waals surface area contributed by atoms with Crippen LogP contribution in [0.5, 0.6) is 0 Å². The minimum Gasteiger partial charge on any atom is -0.292 e. The van der Waals surface area contributed by atoms with Gasteiger partial charge in [-0.3, -0.25) is 9.78 Å². The number of carbonyl (C=O) groups excluding carboxylic acids is 1. The summed E-state index contributed by atoms with van der Waals surface area (Å²) in [7, 11) is 0. The van der Waals surface area contributed by atoms with E-state index in [0.717, 1.165) is 16.5 Å². The Hall–Kier alpha value is -2.14. The molecule has 4 nitrogen and oxygen atoms in total. The summed E-state index contributed by atoms with van der Waals surface area (Å²) >= 11 is 1.19. The van der Waals surface area contributed by atoms with E-state index in [1.807, 2.05) is 30.3 Å². The predicted molar refractivity (Wildman–Crippen MR) is 69.7 cm³/mol. The van der Waals surface area contributed by atoms with E-state index in [4.69, 9.17) is 0 Å². The van der Waals surface area contributed by atoms with Gasteiger partial charge in [0.15, 0.2) is 5.78 Å². The van der Waals surface area contributed by atoms with Crippen LogP contribution in [0.2, 0.25) is 0 Å². The zero-order valence-electron chi connectivity index (χ0n) is 9.41. The lowest BCUT2D eigenvalue weighted by Gasteiger charge is -2.03. The number of Topliss-reactive ketones (excluding diaryl/α,β-unsaturated/α-hetero) is 1. The van der Waals surface area contributed by atoms with Crippen LogP contribution in [0.3, 0.4) is 0 Å². The van der Waals surface area contributed by atoms with Crippen molar-refractivity contribution >= 4 is 28.2 Å². The summed E-state index contributed by atoms with van der Waals surface area (Å²) in [5, 5.41) is 6.48. The molecule has 0 aliphatic rings. The van der Waals surface area contributed by atoms with Crippen molar-refractivity contribution in [2.75, 3.05) is 0 Å². The number of rotatable bonds is 3. The SMILES string of the molecule is O=C(Cc1ccnc2ccccc12)c1csnn1. The lowest BCUT2D eigenvalue weighted by Crippen LogP contribution is -2.04. The second-order valence-electron chi connectivity index (χ2n) is 3.88. The van der Waals surface area contributed by atoms with Gasteiger partial charge in [-0.05, 0) is 29.2 Å². The van der Waals surface area contributed by atoms with Crippen LogP contribution >= 0.6 is 11.5 Å². The number of nitrogens with zero attached hydrogens (tertiary/aromatic N) is 3. The average Bonchev–Trinajstić information content (AvgIpc) is 2.93. The van der Waals surface area contributed by atoms with Crippen LogP contribution in [0.1, 0.15) is 16.1 Å². The van der Waals surface area contributed by atoms with Crippen molar-refractivity contribution in [2.24, 2.45) is 0 Å². The molecule has 2 heterocycles. The number of fused-ring (bicyclic) bond motifs is 1. The van der Waals surface area contributed by atoms with Crippen LogP contribution in [-0.4, -0.2) is 20.4 Å². The molecular weight excluding hydrogens is 246 g/mol. The van der Waals surface area contributed by atoms with Gasteiger partial charge in [0.25, 0.3) is 0 Å². The lowest BCUT2D eigenvalue weighted by atomic mass is 10.0. The van der Waals surface area contributed by atoms with E-state index in [1.165, 1.54) is 11.5 Å². The first-order chi connectivity index (χ1) is 8.84. The maximum atomic E-state index is 12.0. The highest BCUT2D eigenvalue weighted by Gasteiger charge is 2.11. The van der Waals surface area contributed by atoms with Crippen molar-refractivity contribution in [3.05, 3.63) is 53.2 Å². The molecule has 3 rings (SSSR count). The maximum absolute atomic E-state index is 12.0. The van der Waals surface area contributed by atoms with E-state index in [-0.39, 0.29) is 5.78 Å². The van der Waals surface area contributed by atoms with E-state index in [9.17, 15) is 4.79 Å². The third kappa shape index (κ3) is 2.00. The first-order valence-electron chi connectivity index (χ1n) is 5.47. The van der Waals surface area contributed by atoms with Crippen LogP contribution in [0.25, 0.3) is 10.9 Å². The molecule has 0 aliphatic carbocycles. The molecule has 18 heavy (non-hydrogen) atoms. The average molecular weight is 255 g/mol. The molecule has 0 N–H and O–H groups in total. The van der Waals surface area contributed by atoms with Crippen molar-refractivity contribution in [2.45, 2.75) is 6.42 Å². The van der Waals surface area contributed by atoms with Gasteiger partial charge in [0.1, 0.15) is 5.69 Å². The Morgan fingerprint density at radius 3 is 2.94 bits per heavy atom. The zero-order valence-corrected chi connectivity index (χ0v) is 10.2. The van der Waals surface area contributed by atoms with Gasteiger partial charge in [-0.15, -0.1) is 5.10 Å². The molecule has 5 heteroatoms. The number of para-hydroxylation sites is 1. The molecule has 1 aromatic carbocycles. The second kappa shape index (κ2) is 4.62. The van der Waals surface area contributed by atoms with Crippen molar-refractivity contribution in [1.29, 1.82) is 0 Å². The maximum Gasteiger partial charge on any atom is 0.188 e. The molecule has 0 spiro atoms. The zero-order chi connectivity index (χ0) is 12.4. The summed E-state index contributed by atoms with van der Waals surface area (Å²) < 4.78 is 3.71. The monoisotopic (exact) mass is 255 g/mol. The number of ketones is 1. The van der Waals surface area contributed by atoms with Gasteiger partial charge in [-0.25, -0.2) is 0 Å². The van der Waals surface area contributed by atoms with E-state index in [2.05, 4.69) is 14.6 Å². The Morgan fingerprint density at radius 2 is 2.11 bits per heavy atom. The Kier molecular flexibility index (Phi) is 2.82.